The van der Waals surface area contributed by atoms with Gasteiger partial charge < -0.3 is 20.2 Å². The maximum atomic E-state index is 10.8. The molecule has 2 rings (SSSR count). The molecule has 0 spiro atoms. The van der Waals surface area contributed by atoms with E-state index < -0.39 is 9.85 Å². The third kappa shape index (κ3) is 2.12. The first kappa shape index (κ1) is 11.6. The van der Waals surface area contributed by atoms with Gasteiger partial charge in [0, 0.05) is 11.6 Å². The molecule has 0 N–H and O–H groups in total. The molecule has 8 nitrogen and oxygen atoms in total. The Kier molecular flexibility index (Phi) is 2.92. The number of aromatic nitrogens is 2. The van der Waals surface area contributed by atoms with Gasteiger partial charge >= 0.3 is 11.6 Å². The normalized spacial score (nSPS) is 10.0. The van der Waals surface area contributed by atoms with Crippen molar-refractivity contribution in [2.45, 2.75) is 0 Å². The summed E-state index contributed by atoms with van der Waals surface area (Å²) >= 11 is 0. The van der Waals surface area contributed by atoms with Crippen LogP contribution in [0.4, 0.5) is 11.6 Å². The zero-order chi connectivity index (χ0) is 13.1. The molecule has 0 aliphatic carbocycles. The van der Waals surface area contributed by atoms with Gasteiger partial charge in [0.2, 0.25) is 0 Å². The first-order valence-electron chi connectivity index (χ1n) is 4.80. The zero-order valence-electron chi connectivity index (χ0n) is 8.89. The first-order chi connectivity index (χ1) is 8.59. The lowest BCUT2D eigenvalue weighted by Gasteiger charge is -2.00. The van der Waals surface area contributed by atoms with E-state index in [1.165, 1.54) is 30.6 Å². The Balaban J connectivity index is 2.49. The van der Waals surface area contributed by atoms with E-state index in [0.29, 0.717) is 5.56 Å². The molecule has 2 aromatic rings. The van der Waals surface area contributed by atoms with Gasteiger partial charge in [-0.1, -0.05) is 0 Å². The molecule has 18 heavy (non-hydrogen) atoms. The Morgan fingerprint density at radius 3 is 2.33 bits per heavy atom. The Hall–Kier alpha value is -2.90. The van der Waals surface area contributed by atoms with Crippen molar-refractivity contribution < 1.29 is 9.85 Å². The van der Waals surface area contributed by atoms with E-state index in [1.54, 1.807) is 6.07 Å². The number of nitro groups is 2. The fourth-order valence-corrected chi connectivity index (χ4v) is 1.42. The standard InChI is InChI=1S/C10H6N4O4/c15-13(16)9-4-3-7(6-12-9)8-2-1-5-11-10(8)14(17)18/h1-6H. The number of nitrogens with zero attached hydrogens (tertiary/aromatic N) is 4. The SMILES string of the molecule is O=[N+]([O-])c1ccc(-c2cccnc2[N+](=O)[O-])cn1. The molecule has 90 valence electrons. The van der Waals surface area contributed by atoms with Crippen molar-refractivity contribution in [1.82, 2.24) is 9.97 Å². The van der Waals surface area contributed by atoms with E-state index in [9.17, 15) is 20.2 Å². The molecule has 2 heterocycles. The van der Waals surface area contributed by atoms with Gasteiger partial charge in [0.05, 0.1) is 5.56 Å². The summed E-state index contributed by atoms with van der Waals surface area (Å²) in [6.07, 6.45) is 2.52. The molecule has 0 saturated carbocycles. The monoisotopic (exact) mass is 246 g/mol. The summed E-state index contributed by atoms with van der Waals surface area (Å²) in [5.41, 5.74) is 0.672. The van der Waals surface area contributed by atoms with Gasteiger partial charge in [0.15, 0.2) is 0 Å². The lowest BCUT2D eigenvalue weighted by Crippen LogP contribution is -1.96. The van der Waals surface area contributed by atoms with Crippen LogP contribution >= 0.6 is 0 Å². The second kappa shape index (κ2) is 4.53. The average Bonchev–Trinajstić information content (AvgIpc) is 2.39. The molecule has 0 radical (unpaired) electrons. The Bertz CT molecular complexity index is 612. The van der Waals surface area contributed by atoms with Crippen LogP contribution in [0.15, 0.2) is 36.7 Å². The minimum Gasteiger partial charge on any atom is -0.358 e. The lowest BCUT2D eigenvalue weighted by molar-refractivity contribution is -0.389. The summed E-state index contributed by atoms with van der Waals surface area (Å²) in [6.45, 7) is 0. The highest BCUT2D eigenvalue weighted by Gasteiger charge is 2.17. The Morgan fingerprint density at radius 1 is 1.00 bits per heavy atom. The van der Waals surface area contributed by atoms with Gasteiger partial charge in [0.1, 0.15) is 12.4 Å². The molecular weight excluding hydrogens is 240 g/mol. The quantitative estimate of drug-likeness (QED) is 0.604. The minimum atomic E-state index is -0.637. The van der Waals surface area contributed by atoms with E-state index >= 15 is 0 Å². The maximum absolute atomic E-state index is 10.8. The summed E-state index contributed by atoms with van der Waals surface area (Å²) in [6, 6.07) is 5.64. The highest BCUT2D eigenvalue weighted by molar-refractivity contribution is 5.70. The number of rotatable bonds is 3. The minimum absolute atomic E-state index is 0.268. The van der Waals surface area contributed by atoms with Crippen LogP contribution in [0.5, 0.6) is 0 Å². The molecular formula is C10H6N4O4. The first-order valence-corrected chi connectivity index (χ1v) is 4.80. The number of hydrogen-bond acceptors (Lipinski definition) is 6. The van der Waals surface area contributed by atoms with E-state index in [4.69, 9.17) is 0 Å². The Morgan fingerprint density at radius 2 is 1.78 bits per heavy atom. The van der Waals surface area contributed by atoms with Gasteiger partial charge in [-0.15, -0.1) is 0 Å². The fourth-order valence-electron chi connectivity index (χ4n) is 1.42. The molecule has 0 amide bonds. The van der Waals surface area contributed by atoms with Gasteiger partial charge in [-0.25, -0.2) is 0 Å². The van der Waals surface area contributed by atoms with Crippen molar-refractivity contribution in [2.75, 3.05) is 0 Å². The molecule has 0 saturated heterocycles. The molecule has 0 atom stereocenters. The molecule has 0 bridgehead atoms. The van der Waals surface area contributed by atoms with Crippen molar-refractivity contribution in [1.29, 1.82) is 0 Å². The van der Waals surface area contributed by atoms with Gasteiger partial charge in [0.25, 0.3) is 0 Å². The van der Waals surface area contributed by atoms with Crippen molar-refractivity contribution >= 4 is 11.6 Å². The lowest BCUT2D eigenvalue weighted by atomic mass is 10.1. The average molecular weight is 246 g/mol. The van der Waals surface area contributed by atoms with Crippen LogP contribution in [-0.4, -0.2) is 19.8 Å². The largest absolute Gasteiger partial charge is 0.371 e. The fraction of sp³-hybridized carbons (Fsp3) is 0. The summed E-state index contributed by atoms with van der Waals surface area (Å²) in [5, 5.41) is 21.2. The molecule has 0 unspecified atom stereocenters. The van der Waals surface area contributed by atoms with Crippen LogP contribution in [0.3, 0.4) is 0 Å². The molecule has 0 aromatic carbocycles. The predicted octanol–water partition coefficient (Wildman–Crippen LogP) is 1.96. The third-order valence-electron chi connectivity index (χ3n) is 2.21. The van der Waals surface area contributed by atoms with Crippen LogP contribution in [0, 0.1) is 20.2 Å². The highest BCUT2D eigenvalue weighted by Crippen LogP contribution is 2.27. The van der Waals surface area contributed by atoms with Gasteiger partial charge in [-0.2, -0.15) is 0 Å². The molecule has 0 fully saturated rings. The zero-order valence-corrected chi connectivity index (χ0v) is 8.89. The summed E-state index contributed by atoms with van der Waals surface area (Å²) in [7, 11) is 0. The summed E-state index contributed by atoms with van der Waals surface area (Å²) in [4.78, 5) is 27.2. The van der Waals surface area contributed by atoms with Gasteiger partial charge in [-0.05, 0) is 38.0 Å². The molecule has 0 aliphatic heterocycles. The second-order valence-electron chi connectivity index (χ2n) is 3.29. The molecule has 0 aliphatic rings. The predicted molar refractivity (Wildman–Crippen MR) is 60.8 cm³/mol. The smallest absolute Gasteiger partial charge is 0.358 e. The van der Waals surface area contributed by atoms with Crippen LogP contribution < -0.4 is 0 Å². The van der Waals surface area contributed by atoms with E-state index in [2.05, 4.69) is 9.97 Å². The van der Waals surface area contributed by atoms with Gasteiger partial charge in [-0.3, -0.25) is 0 Å². The topological polar surface area (TPSA) is 112 Å². The van der Waals surface area contributed by atoms with Crippen molar-refractivity contribution in [3.8, 4) is 11.1 Å². The second-order valence-corrected chi connectivity index (χ2v) is 3.29. The van der Waals surface area contributed by atoms with Crippen LogP contribution in [0.2, 0.25) is 0 Å². The summed E-state index contributed by atoms with van der Waals surface area (Å²) in [5.74, 6) is -0.626. The highest BCUT2D eigenvalue weighted by atomic mass is 16.6. The number of pyridine rings is 2. The van der Waals surface area contributed by atoms with E-state index in [0.717, 1.165) is 0 Å². The van der Waals surface area contributed by atoms with Crippen molar-refractivity contribution in [3.05, 3.63) is 56.9 Å². The van der Waals surface area contributed by atoms with Crippen LogP contribution in [0.1, 0.15) is 0 Å². The van der Waals surface area contributed by atoms with Crippen molar-refractivity contribution in [2.24, 2.45) is 0 Å². The molecule has 2 aromatic heterocycles. The molecule has 8 heteroatoms. The number of hydrogen-bond donors (Lipinski definition) is 0. The Labute approximate surface area is 100 Å². The van der Waals surface area contributed by atoms with Crippen LogP contribution in [0.25, 0.3) is 11.1 Å². The van der Waals surface area contributed by atoms with E-state index in [1.807, 2.05) is 0 Å². The maximum Gasteiger partial charge on any atom is 0.371 e. The third-order valence-corrected chi connectivity index (χ3v) is 2.21. The summed E-state index contributed by atoms with van der Waals surface area (Å²) < 4.78 is 0. The van der Waals surface area contributed by atoms with E-state index in [-0.39, 0.29) is 17.2 Å². The van der Waals surface area contributed by atoms with Crippen LogP contribution in [-0.2, 0) is 0 Å². The van der Waals surface area contributed by atoms with Crippen molar-refractivity contribution in [3.63, 3.8) is 0 Å².